The second-order valence-corrected chi connectivity index (χ2v) is 6.47. The van der Waals surface area contributed by atoms with Crippen LogP contribution in [0.1, 0.15) is 28.8 Å². The number of rotatable bonds is 4. The van der Waals surface area contributed by atoms with Gasteiger partial charge in [0, 0.05) is 44.3 Å². The maximum atomic E-state index is 12.8. The van der Waals surface area contributed by atoms with Crippen LogP contribution in [0.15, 0.2) is 24.3 Å². The van der Waals surface area contributed by atoms with Gasteiger partial charge < -0.3 is 15.0 Å². The Morgan fingerprint density at radius 2 is 2.00 bits per heavy atom. The molecule has 0 spiro atoms. The van der Waals surface area contributed by atoms with Crippen molar-refractivity contribution in [3.63, 3.8) is 0 Å². The van der Waals surface area contributed by atoms with Crippen LogP contribution in [0.2, 0.25) is 0 Å². The molecule has 0 bridgehead atoms. The molecular formula is C18H29Cl2N3O2. The highest BCUT2D eigenvalue weighted by atomic mass is 35.5. The van der Waals surface area contributed by atoms with Crippen LogP contribution in [0.25, 0.3) is 0 Å². The molecule has 3 rings (SSSR count). The normalized spacial score (nSPS) is 21.2. The molecule has 0 radical (unpaired) electrons. The lowest BCUT2D eigenvalue weighted by molar-refractivity contribution is 0.0341. The fourth-order valence-electron chi connectivity index (χ4n) is 3.40. The molecule has 1 atom stereocenters. The number of nitrogens with zero attached hydrogens (tertiary/aromatic N) is 2. The van der Waals surface area contributed by atoms with Gasteiger partial charge in [0.15, 0.2) is 0 Å². The summed E-state index contributed by atoms with van der Waals surface area (Å²) in [6.07, 6.45) is 2.22. The zero-order valence-electron chi connectivity index (χ0n) is 14.8. The lowest BCUT2D eigenvalue weighted by Crippen LogP contribution is -2.47. The lowest BCUT2D eigenvalue weighted by Gasteiger charge is -2.32. The number of piperidine rings is 1. The Morgan fingerprint density at radius 3 is 2.72 bits per heavy atom. The number of morpholine rings is 1. The van der Waals surface area contributed by atoms with Gasteiger partial charge in [-0.1, -0.05) is 12.1 Å². The second-order valence-electron chi connectivity index (χ2n) is 6.47. The molecule has 0 saturated carbocycles. The molecule has 1 amide bonds. The van der Waals surface area contributed by atoms with E-state index >= 15 is 0 Å². The number of hydrogen-bond donors (Lipinski definition) is 1. The number of amides is 1. The SMILES string of the molecule is CNC1CCCN(C(=O)c2cccc(CN3CCOCC3)c2)C1.Cl.Cl. The molecule has 1 N–H and O–H groups in total. The second kappa shape index (κ2) is 11.0. The largest absolute Gasteiger partial charge is 0.379 e. The highest BCUT2D eigenvalue weighted by Gasteiger charge is 2.23. The Bertz CT molecular complexity index is 539. The van der Waals surface area contributed by atoms with Crippen molar-refractivity contribution in [1.82, 2.24) is 15.1 Å². The van der Waals surface area contributed by atoms with E-state index in [-0.39, 0.29) is 30.7 Å². The summed E-state index contributed by atoms with van der Waals surface area (Å²) in [5.41, 5.74) is 2.02. The number of likely N-dealkylation sites (N-methyl/N-ethyl adjacent to an activating group) is 1. The standard InChI is InChI=1S/C18H27N3O2.2ClH/c1-19-17-6-3-7-21(14-17)18(22)16-5-2-4-15(12-16)13-20-8-10-23-11-9-20;;/h2,4-5,12,17,19H,3,6-11,13-14H2,1H3;2*1H. The van der Waals surface area contributed by atoms with Gasteiger partial charge in [-0.15, -0.1) is 24.8 Å². The summed E-state index contributed by atoms with van der Waals surface area (Å²) >= 11 is 0. The number of hydrogen-bond acceptors (Lipinski definition) is 4. The minimum atomic E-state index is 0. The topological polar surface area (TPSA) is 44.8 Å². The number of halogens is 2. The third-order valence-corrected chi connectivity index (χ3v) is 4.80. The maximum Gasteiger partial charge on any atom is 0.253 e. The van der Waals surface area contributed by atoms with E-state index in [0.717, 1.165) is 64.3 Å². The van der Waals surface area contributed by atoms with Crippen molar-refractivity contribution in [2.45, 2.75) is 25.4 Å². The predicted octanol–water partition coefficient (Wildman–Crippen LogP) is 2.19. The molecule has 5 nitrogen and oxygen atoms in total. The van der Waals surface area contributed by atoms with E-state index in [9.17, 15) is 4.79 Å². The van der Waals surface area contributed by atoms with Crippen molar-refractivity contribution < 1.29 is 9.53 Å². The minimum absolute atomic E-state index is 0. The molecule has 7 heteroatoms. The van der Waals surface area contributed by atoms with Gasteiger partial charge in [0.25, 0.3) is 5.91 Å². The number of ether oxygens (including phenoxy) is 1. The van der Waals surface area contributed by atoms with Gasteiger partial charge in [-0.05, 0) is 37.6 Å². The Hall–Kier alpha value is -0.850. The summed E-state index contributed by atoms with van der Waals surface area (Å²) in [5.74, 6) is 0.161. The van der Waals surface area contributed by atoms with Crippen molar-refractivity contribution in [3.05, 3.63) is 35.4 Å². The molecule has 1 aromatic carbocycles. The first-order valence-corrected chi connectivity index (χ1v) is 8.62. The summed E-state index contributed by atoms with van der Waals surface area (Å²) in [7, 11) is 1.97. The van der Waals surface area contributed by atoms with Gasteiger partial charge in [0.05, 0.1) is 13.2 Å². The maximum absolute atomic E-state index is 12.8. The molecule has 2 saturated heterocycles. The third-order valence-electron chi connectivity index (χ3n) is 4.80. The first kappa shape index (κ1) is 22.2. The van der Waals surface area contributed by atoms with Crippen LogP contribution in [0, 0.1) is 0 Å². The van der Waals surface area contributed by atoms with Crippen LogP contribution in [-0.2, 0) is 11.3 Å². The Morgan fingerprint density at radius 1 is 1.24 bits per heavy atom. The average molecular weight is 390 g/mol. The minimum Gasteiger partial charge on any atom is -0.379 e. The van der Waals surface area contributed by atoms with Gasteiger partial charge in [0.1, 0.15) is 0 Å². The molecule has 0 aromatic heterocycles. The Kier molecular flexibility index (Phi) is 9.75. The number of likely N-dealkylation sites (tertiary alicyclic amines) is 1. The van der Waals surface area contributed by atoms with Crippen molar-refractivity contribution in [3.8, 4) is 0 Å². The molecule has 0 aliphatic carbocycles. The van der Waals surface area contributed by atoms with Crippen molar-refractivity contribution in [2.75, 3.05) is 46.4 Å². The third kappa shape index (κ3) is 6.12. The smallest absolute Gasteiger partial charge is 0.253 e. The lowest BCUT2D eigenvalue weighted by atomic mass is 10.0. The summed E-state index contributed by atoms with van der Waals surface area (Å²) in [6.45, 7) is 6.11. The zero-order valence-corrected chi connectivity index (χ0v) is 16.4. The number of carbonyl (C=O) groups excluding carboxylic acids is 1. The molecule has 142 valence electrons. The van der Waals surface area contributed by atoms with Crippen LogP contribution in [-0.4, -0.2) is 68.2 Å². The van der Waals surface area contributed by atoms with E-state index in [1.165, 1.54) is 5.56 Å². The van der Waals surface area contributed by atoms with Crippen molar-refractivity contribution >= 4 is 30.7 Å². The van der Waals surface area contributed by atoms with Crippen LogP contribution in [0.5, 0.6) is 0 Å². The van der Waals surface area contributed by atoms with Crippen LogP contribution < -0.4 is 5.32 Å². The van der Waals surface area contributed by atoms with Crippen molar-refractivity contribution in [2.24, 2.45) is 0 Å². The van der Waals surface area contributed by atoms with E-state index in [0.29, 0.717) is 6.04 Å². The highest BCUT2D eigenvalue weighted by Crippen LogP contribution is 2.16. The fourth-order valence-corrected chi connectivity index (χ4v) is 3.40. The van der Waals surface area contributed by atoms with E-state index in [2.05, 4.69) is 22.3 Å². The van der Waals surface area contributed by atoms with E-state index in [4.69, 9.17) is 4.74 Å². The molecule has 2 aliphatic heterocycles. The Labute approximate surface area is 162 Å². The van der Waals surface area contributed by atoms with Gasteiger partial charge in [-0.25, -0.2) is 0 Å². The van der Waals surface area contributed by atoms with E-state index in [1.807, 2.05) is 24.1 Å². The summed E-state index contributed by atoms with van der Waals surface area (Å²) in [6, 6.07) is 8.53. The molecule has 2 fully saturated rings. The molecular weight excluding hydrogens is 361 g/mol. The molecule has 1 aromatic rings. The van der Waals surface area contributed by atoms with Crippen LogP contribution >= 0.6 is 24.8 Å². The van der Waals surface area contributed by atoms with Crippen molar-refractivity contribution in [1.29, 1.82) is 0 Å². The van der Waals surface area contributed by atoms with Gasteiger partial charge in [-0.3, -0.25) is 9.69 Å². The average Bonchev–Trinajstić information content (AvgIpc) is 2.62. The first-order chi connectivity index (χ1) is 11.3. The highest BCUT2D eigenvalue weighted by molar-refractivity contribution is 5.94. The van der Waals surface area contributed by atoms with Gasteiger partial charge >= 0.3 is 0 Å². The fraction of sp³-hybridized carbons (Fsp3) is 0.611. The molecule has 25 heavy (non-hydrogen) atoms. The molecule has 1 unspecified atom stereocenters. The summed E-state index contributed by atoms with van der Waals surface area (Å²) < 4.78 is 5.39. The monoisotopic (exact) mass is 389 g/mol. The molecule has 2 heterocycles. The predicted molar refractivity (Wildman–Crippen MR) is 105 cm³/mol. The van der Waals surface area contributed by atoms with E-state index < -0.39 is 0 Å². The summed E-state index contributed by atoms with van der Waals surface area (Å²) in [5, 5.41) is 3.29. The zero-order chi connectivity index (χ0) is 16.1. The Balaban J connectivity index is 0.00000156. The van der Waals surface area contributed by atoms with Crippen LogP contribution in [0.4, 0.5) is 0 Å². The number of nitrogens with one attached hydrogen (secondary N) is 1. The number of carbonyl (C=O) groups is 1. The molecule has 2 aliphatic rings. The summed E-state index contributed by atoms with van der Waals surface area (Å²) in [4.78, 5) is 17.1. The quantitative estimate of drug-likeness (QED) is 0.856. The first-order valence-electron chi connectivity index (χ1n) is 8.62. The van der Waals surface area contributed by atoms with Gasteiger partial charge in [-0.2, -0.15) is 0 Å². The van der Waals surface area contributed by atoms with E-state index in [1.54, 1.807) is 0 Å². The van der Waals surface area contributed by atoms with Gasteiger partial charge in [0.2, 0.25) is 0 Å². The number of benzene rings is 1. The van der Waals surface area contributed by atoms with Crippen LogP contribution in [0.3, 0.4) is 0 Å².